The zero-order chi connectivity index (χ0) is 15.0. The van der Waals surface area contributed by atoms with Gasteiger partial charge >= 0.3 is 5.97 Å². The van der Waals surface area contributed by atoms with Gasteiger partial charge in [0.1, 0.15) is 15.5 Å². The highest BCUT2D eigenvalue weighted by Gasteiger charge is 2.18. The van der Waals surface area contributed by atoms with E-state index in [0.29, 0.717) is 16.6 Å². The third kappa shape index (κ3) is 2.48. The number of rotatable bonds is 3. The molecule has 3 aromatic rings. The van der Waals surface area contributed by atoms with Crippen LogP contribution in [0.5, 0.6) is 5.88 Å². The third-order valence-electron chi connectivity index (χ3n) is 2.86. The molecule has 0 fully saturated rings. The van der Waals surface area contributed by atoms with Crippen LogP contribution in [0.25, 0.3) is 21.7 Å². The van der Waals surface area contributed by atoms with Crippen LogP contribution in [0.2, 0.25) is 0 Å². The Labute approximate surface area is 137 Å². The van der Waals surface area contributed by atoms with Gasteiger partial charge in [0, 0.05) is 9.77 Å². The van der Waals surface area contributed by atoms with Gasteiger partial charge in [-0.3, -0.25) is 0 Å². The predicted molar refractivity (Wildman–Crippen MR) is 87.8 cm³/mol. The van der Waals surface area contributed by atoms with Gasteiger partial charge in [-0.2, -0.15) is 0 Å². The van der Waals surface area contributed by atoms with Gasteiger partial charge in [0.2, 0.25) is 5.88 Å². The molecule has 0 bridgehead atoms. The van der Waals surface area contributed by atoms with Gasteiger partial charge in [-0.15, -0.1) is 11.3 Å². The molecule has 3 rings (SSSR count). The van der Waals surface area contributed by atoms with Crippen LogP contribution in [-0.4, -0.2) is 35.1 Å². The number of fused-ring (bicyclic) bond motifs is 1. The molecule has 0 saturated heterocycles. The number of hydrogen-bond donors (Lipinski definition) is 1. The van der Waals surface area contributed by atoms with Crippen LogP contribution in [0.3, 0.4) is 0 Å². The molecule has 0 radical (unpaired) electrons. The summed E-state index contributed by atoms with van der Waals surface area (Å²) in [6.45, 7) is 0. The number of carbonyl (C=O) groups excluding carboxylic acids is 1. The summed E-state index contributed by atoms with van der Waals surface area (Å²) in [5.74, 6) is 0.819. The largest absolute Gasteiger partial charge is 0.480 e. The molecule has 0 aromatic carbocycles. The van der Waals surface area contributed by atoms with E-state index < -0.39 is 0 Å². The summed E-state index contributed by atoms with van der Waals surface area (Å²) in [5, 5.41) is 0. The number of aromatic nitrogens is 3. The molecular formula is C13H10IN3O3S. The van der Waals surface area contributed by atoms with Gasteiger partial charge in [-0.05, 0) is 34.7 Å². The summed E-state index contributed by atoms with van der Waals surface area (Å²) in [6.07, 6.45) is 1.69. The maximum atomic E-state index is 11.5. The molecule has 0 amide bonds. The molecule has 3 heterocycles. The van der Waals surface area contributed by atoms with E-state index in [1.807, 2.05) is 6.07 Å². The van der Waals surface area contributed by atoms with Crippen molar-refractivity contribution in [2.45, 2.75) is 0 Å². The number of pyridine rings is 1. The topological polar surface area (TPSA) is 77.1 Å². The van der Waals surface area contributed by atoms with E-state index in [2.05, 4.69) is 37.5 Å². The highest BCUT2D eigenvalue weighted by atomic mass is 127. The van der Waals surface area contributed by atoms with Gasteiger partial charge in [0.05, 0.1) is 25.3 Å². The summed E-state index contributed by atoms with van der Waals surface area (Å²) >= 11 is 3.49. The van der Waals surface area contributed by atoms with Crippen LogP contribution in [0.4, 0.5) is 0 Å². The number of esters is 1. The summed E-state index contributed by atoms with van der Waals surface area (Å²) < 4.78 is 11.0. The summed E-state index contributed by atoms with van der Waals surface area (Å²) in [7, 11) is 2.93. The average Bonchev–Trinajstić information content (AvgIpc) is 3.04. The van der Waals surface area contributed by atoms with Crippen molar-refractivity contribution in [3.8, 4) is 17.3 Å². The Morgan fingerprint density at radius 2 is 2.24 bits per heavy atom. The Kier molecular flexibility index (Phi) is 3.81. The number of nitrogens with one attached hydrogen (secondary N) is 1. The summed E-state index contributed by atoms with van der Waals surface area (Å²) in [5.41, 5.74) is 1.60. The molecule has 8 heteroatoms. The molecule has 3 aromatic heterocycles. The molecule has 0 aliphatic heterocycles. The minimum Gasteiger partial charge on any atom is -0.480 e. The fourth-order valence-corrected chi connectivity index (χ4v) is 3.48. The van der Waals surface area contributed by atoms with E-state index in [-0.39, 0.29) is 5.97 Å². The molecule has 0 atom stereocenters. The second-order valence-corrected chi connectivity index (χ2v) is 6.28. The summed E-state index contributed by atoms with van der Waals surface area (Å²) in [6, 6.07) is 3.62. The van der Waals surface area contributed by atoms with Crippen molar-refractivity contribution in [2.24, 2.45) is 0 Å². The number of halogens is 1. The second kappa shape index (κ2) is 5.60. The first kappa shape index (κ1) is 14.3. The lowest BCUT2D eigenvalue weighted by Crippen LogP contribution is -1.97. The average molecular weight is 415 g/mol. The fourth-order valence-electron chi connectivity index (χ4n) is 1.92. The lowest BCUT2D eigenvalue weighted by molar-refractivity contribution is 0.0606. The monoisotopic (exact) mass is 415 g/mol. The number of imidazole rings is 1. The van der Waals surface area contributed by atoms with Crippen LogP contribution in [0.15, 0.2) is 18.3 Å². The zero-order valence-electron chi connectivity index (χ0n) is 11.1. The van der Waals surface area contributed by atoms with Gasteiger partial charge in [-0.25, -0.2) is 14.8 Å². The Morgan fingerprint density at radius 1 is 1.43 bits per heavy atom. The van der Waals surface area contributed by atoms with E-state index in [4.69, 9.17) is 9.47 Å². The Bertz CT molecular complexity index is 796. The van der Waals surface area contributed by atoms with Crippen LogP contribution in [0, 0.1) is 3.57 Å². The molecule has 0 saturated carbocycles. The van der Waals surface area contributed by atoms with Crippen molar-refractivity contribution in [1.82, 2.24) is 15.0 Å². The van der Waals surface area contributed by atoms with E-state index in [1.165, 1.54) is 18.4 Å². The maximum absolute atomic E-state index is 11.5. The molecule has 21 heavy (non-hydrogen) atoms. The number of hydrogen-bond acceptors (Lipinski definition) is 6. The first-order valence-electron chi connectivity index (χ1n) is 5.90. The highest BCUT2D eigenvalue weighted by molar-refractivity contribution is 14.1. The molecule has 0 spiro atoms. The Hall–Kier alpha value is -1.68. The smallest absolute Gasteiger partial charge is 0.348 e. The van der Waals surface area contributed by atoms with Gasteiger partial charge in [-0.1, -0.05) is 0 Å². The minimum absolute atomic E-state index is 0.360. The van der Waals surface area contributed by atoms with Crippen LogP contribution in [-0.2, 0) is 4.74 Å². The Morgan fingerprint density at radius 3 is 2.90 bits per heavy atom. The van der Waals surface area contributed by atoms with E-state index in [0.717, 1.165) is 19.5 Å². The van der Waals surface area contributed by atoms with Crippen molar-refractivity contribution in [3.05, 3.63) is 26.8 Å². The minimum atomic E-state index is -0.360. The van der Waals surface area contributed by atoms with Gasteiger partial charge < -0.3 is 14.5 Å². The fraction of sp³-hybridized carbons (Fsp3) is 0.154. The van der Waals surface area contributed by atoms with Crippen LogP contribution >= 0.6 is 33.9 Å². The molecule has 0 unspecified atom stereocenters. The molecule has 1 N–H and O–H groups in total. The number of thiophene rings is 1. The number of methoxy groups -OCH3 is 2. The first-order valence-corrected chi connectivity index (χ1v) is 7.80. The maximum Gasteiger partial charge on any atom is 0.348 e. The lowest BCUT2D eigenvalue weighted by atomic mass is 10.2. The standard InChI is InChI=1S/C13H10IN3O3S/c1-19-11-9(6(14)3-4-15-11)10-16-7-5-8(13(18)20-2)21-12(7)17-10/h3-5H,1-2H3,(H,16,17). The lowest BCUT2D eigenvalue weighted by Gasteiger charge is -2.06. The van der Waals surface area contributed by atoms with Crippen LogP contribution < -0.4 is 4.74 Å². The molecule has 6 nitrogen and oxygen atoms in total. The molecule has 0 aliphatic carbocycles. The Balaban J connectivity index is 2.10. The van der Waals surface area contributed by atoms with Crippen molar-refractivity contribution < 1.29 is 14.3 Å². The van der Waals surface area contributed by atoms with Crippen LogP contribution in [0.1, 0.15) is 9.67 Å². The van der Waals surface area contributed by atoms with E-state index in [9.17, 15) is 4.79 Å². The molecule has 0 aliphatic rings. The normalized spacial score (nSPS) is 10.8. The van der Waals surface area contributed by atoms with Crippen molar-refractivity contribution in [1.29, 1.82) is 0 Å². The third-order valence-corrected chi connectivity index (χ3v) is 4.77. The number of ether oxygens (including phenoxy) is 2. The van der Waals surface area contributed by atoms with E-state index in [1.54, 1.807) is 19.4 Å². The number of nitrogens with zero attached hydrogens (tertiary/aromatic N) is 2. The van der Waals surface area contributed by atoms with Gasteiger partial charge in [0.25, 0.3) is 0 Å². The number of carbonyl (C=O) groups is 1. The number of H-pyrrole nitrogens is 1. The van der Waals surface area contributed by atoms with Gasteiger partial charge in [0.15, 0.2) is 0 Å². The molecular weight excluding hydrogens is 405 g/mol. The quantitative estimate of drug-likeness (QED) is 0.526. The second-order valence-electron chi connectivity index (χ2n) is 4.08. The number of aromatic amines is 1. The van der Waals surface area contributed by atoms with Crippen molar-refractivity contribution in [2.75, 3.05) is 14.2 Å². The first-order chi connectivity index (χ1) is 10.1. The van der Waals surface area contributed by atoms with Crippen molar-refractivity contribution in [3.63, 3.8) is 0 Å². The van der Waals surface area contributed by atoms with Crippen molar-refractivity contribution >= 4 is 50.2 Å². The SMILES string of the molecule is COC(=O)c1cc2[nH]c(-c3c(I)ccnc3OC)nc2s1. The highest BCUT2D eigenvalue weighted by Crippen LogP contribution is 2.34. The zero-order valence-corrected chi connectivity index (χ0v) is 14.1. The van der Waals surface area contributed by atoms with E-state index >= 15 is 0 Å². The summed E-state index contributed by atoms with van der Waals surface area (Å²) in [4.78, 5) is 24.7. The predicted octanol–water partition coefficient (Wildman–Crippen LogP) is 3.09. The molecule has 108 valence electrons.